The molecule has 174 valence electrons. The molecule has 0 bridgehead atoms. The number of benzene rings is 2. The fraction of sp³-hybridized carbons (Fsp3) is 0.318. The van der Waals surface area contributed by atoms with Gasteiger partial charge in [0.1, 0.15) is 12.4 Å². The fourth-order valence-corrected chi connectivity index (χ4v) is 3.63. The van der Waals surface area contributed by atoms with E-state index in [1.54, 1.807) is 21.6 Å². The van der Waals surface area contributed by atoms with Crippen molar-refractivity contribution >= 4 is 28.5 Å². The number of aliphatic hydroxyl groups is 1. The molecule has 2 N–H and O–H groups in total. The maximum Gasteiger partial charge on any atom is 0.387 e. The lowest BCUT2D eigenvalue weighted by Crippen LogP contribution is -2.41. The van der Waals surface area contributed by atoms with Gasteiger partial charge in [0, 0.05) is 30.9 Å². The van der Waals surface area contributed by atoms with Gasteiger partial charge in [0.05, 0.1) is 17.6 Å². The van der Waals surface area contributed by atoms with Crippen LogP contribution in [0, 0.1) is 0 Å². The number of aryl methyl sites for hydroxylation is 1. The Morgan fingerprint density at radius 3 is 2.88 bits per heavy atom. The zero-order chi connectivity index (χ0) is 23.4. The summed E-state index contributed by atoms with van der Waals surface area (Å²) in [5, 5.41) is 9.28. The highest BCUT2D eigenvalue weighted by Crippen LogP contribution is 2.22. The highest BCUT2D eigenvalue weighted by molar-refractivity contribution is 5.97. The summed E-state index contributed by atoms with van der Waals surface area (Å²) in [4.78, 5) is 33.8. The zero-order valence-electron chi connectivity index (χ0n) is 17.5. The number of nitrogens with one attached hydrogen (secondary N) is 1. The quantitative estimate of drug-likeness (QED) is 0.561. The van der Waals surface area contributed by atoms with Crippen molar-refractivity contribution in [1.82, 2.24) is 9.55 Å². The summed E-state index contributed by atoms with van der Waals surface area (Å²) in [7, 11) is 0. The first kappa shape index (κ1) is 22.6. The van der Waals surface area contributed by atoms with Crippen molar-refractivity contribution in [3.8, 4) is 5.75 Å². The topological polar surface area (TPSA) is 109 Å². The summed E-state index contributed by atoms with van der Waals surface area (Å²) in [5.74, 6) is -0.940. The third-order valence-electron chi connectivity index (χ3n) is 5.12. The van der Waals surface area contributed by atoms with Crippen LogP contribution in [0.15, 0.2) is 47.5 Å². The van der Waals surface area contributed by atoms with Gasteiger partial charge in [-0.2, -0.15) is 13.8 Å². The molecule has 2 aromatic carbocycles. The van der Waals surface area contributed by atoms with Crippen molar-refractivity contribution in [2.24, 2.45) is 4.99 Å². The number of imidazole rings is 1. The van der Waals surface area contributed by atoms with E-state index in [1.807, 2.05) is 6.07 Å². The largest absolute Gasteiger partial charge is 0.435 e. The molecule has 3 aromatic rings. The van der Waals surface area contributed by atoms with E-state index in [-0.39, 0.29) is 36.1 Å². The Hall–Kier alpha value is -3.57. The molecule has 9 nitrogen and oxygen atoms in total. The number of alkyl halides is 2. The van der Waals surface area contributed by atoms with E-state index in [2.05, 4.69) is 14.7 Å². The number of ether oxygens (including phenoxy) is 2. The fourth-order valence-electron chi connectivity index (χ4n) is 3.63. The number of aliphatic hydroxyl groups excluding tert-OH is 1. The number of carbonyl (C=O) groups excluding carboxylic acids is 2. The lowest BCUT2D eigenvalue weighted by atomic mass is 10.2. The number of carbonyl (C=O) groups is 2. The molecular weight excluding hydrogens is 438 g/mol. The first-order valence-electron chi connectivity index (χ1n) is 10.3. The normalized spacial score (nSPS) is 15.0. The van der Waals surface area contributed by atoms with E-state index in [0.29, 0.717) is 37.3 Å². The standard InChI is InChI=1S/C22H22F2N4O5/c23-21(24)33-16-4-1-3-14(11-16)20(31)26-22-25-17-12-15(27-8-10-32-13-19(27)30)5-6-18(17)28(22)7-2-9-29/h1,3-6,11-12,21,29H,2,7-10,13H2,(H,25,26,31). The molecule has 0 unspecified atom stereocenters. The van der Waals surface area contributed by atoms with Gasteiger partial charge < -0.3 is 29.0 Å². The number of hydrogen-bond donors (Lipinski definition) is 2. The van der Waals surface area contributed by atoms with Crippen molar-refractivity contribution in [3.63, 3.8) is 0 Å². The minimum atomic E-state index is -3.01. The van der Waals surface area contributed by atoms with Gasteiger partial charge in [0.15, 0.2) is 0 Å². The first-order valence-corrected chi connectivity index (χ1v) is 10.3. The second-order valence-electron chi connectivity index (χ2n) is 7.30. The molecule has 0 spiro atoms. The van der Waals surface area contributed by atoms with E-state index in [9.17, 15) is 23.5 Å². The van der Waals surface area contributed by atoms with Crippen molar-refractivity contribution < 1.29 is 33.0 Å². The highest BCUT2D eigenvalue weighted by atomic mass is 19.3. The smallest absolute Gasteiger partial charge is 0.387 e. The van der Waals surface area contributed by atoms with Gasteiger partial charge in [-0.25, -0.2) is 0 Å². The van der Waals surface area contributed by atoms with Gasteiger partial charge >= 0.3 is 6.61 Å². The molecule has 11 heteroatoms. The highest BCUT2D eigenvalue weighted by Gasteiger charge is 2.21. The number of H-pyrrole nitrogens is 1. The molecule has 2 heterocycles. The number of amides is 2. The number of aromatic amines is 1. The third-order valence-corrected chi connectivity index (χ3v) is 5.12. The molecule has 0 aliphatic carbocycles. The van der Waals surface area contributed by atoms with Crippen LogP contribution < -0.4 is 15.3 Å². The molecule has 1 saturated heterocycles. The molecule has 33 heavy (non-hydrogen) atoms. The number of rotatable bonds is 7. The monoisotopic (exact) mass is 460 g/mol. The van der Waals surface area contributed by atoms with E-state index < -0.39 is 12.5 Å². The molecule has 1 aromatic heterocycles. The predicted molar refractivity (Wildman–Crippen MR) is 114 cm³/mol. The molecule has 0 atom stereocenters. The van der Waals surface area contributed by atoms with Gasteiger partial charge in [-0.3, -0.25) is 9.59 Å². The van der Waals surface area contributed by atoms with Crippen LogP contribution in [-0.2, 0) is 16.1 Å². The van der Waals surface area contributed by atoms with E-state index in [1.165, 1.54) is 24.3 Å². The second-order valence-corrected chi connectivity index (χ2v) is 7.30. The lowest BCUT2D eigenvalue weighted by Gasteiger charge is -2.26. The van der Waals surface area contributed by atoms with Crippen LogP contribution in [0.25, 0.3) is 11.0 Å². The van der Waals surface area contributed by atoms with Gasteiger partial charge in [-0.15, -0.1) is 0 Å². The van der Waals surface area contributed by atoms with E-state index in [4.69, 9.17) is 4.74 Å². The molecule has 0 saturated carbocycles. The van der Waals surface area contributed by atoms with Crippen LogP contribution in [0.1, 0.15) is 16.8 Å². The van der Waals surface area contributed by atoms with Crippen LogP contribution in [0.2, 0.25) is 0 Å². The number of fused-ring (bicyclic) bond motifs is 1. The molecule has 1 aliphatic rings. The summed E-state index contributed by atoms with van der Waals surface area (Å²) in [6.07, 6.45) is 0.426. The Bertz CT molecular complexity index is 1240. The summed E-state index contributed by atoms with van der Waals surface area (Å²) in [6, 6.07) is 10.8. The average Bonchev–Trinajstić information content (AvgIpc) is 3.13. The number of anilines is 1. The Kier molecular flexibility index (Phi) is 6.80. The van der Waals surface area contributed by atoms with Crippen LogP contribution in [0.5, 0.6) is 5.75 Å². The molecule has 2 amide bonds. The molecule has 0 radical (unpaired) electrons. The summed E-state index contributed by atoms with van der Waals surface area (Å²) < 4.78 is 36.2. The van der Waals surface area contributed by atoms with Gasteiger partial charge in [0.25, 0.3) is 11.8 Å². The van der Waals surface area contributed by atoms with Gasteiger partial charge in [0.2, 0.25) is 5.62 Å². The third kappa shape index (κ3) is 5.10. The Morgan fingerprint density at radius 2 is 2.12 bits per heavy atom. The molecular formula is C22H22F2N4O5. The SMILES string of the molecule is O=C(/N=c1\[nH]c2cc(N3CCOCC3=O)ccc2n1CCCO)c1cccc(OC(F)F)c1. The number of hydrogen-bond acceptors (Lipinski definition) is 5. The van der Waals surface area contributed by atoms with Crippen molar-refractivity contribution in [3.05, 3.63) is 53.6 Å². The number of nitrogens with zero attached hydrogens (tertiary/aromatic N) is 3. The van der Waals surface area contributed by atoms with Crippen LogP contribution in [0.3, 0.4) is 0 Å². The Morgan fingerprint density at radius 1 is 1.27 bits per heavy atom. The zero-order valence-corrected chi connectivity index (χ0v) is 17.5. The summed E-state index contributed by atoms with van der Waals surface area (Å²) in [6.45, 7) is -1.79. The summed E-state index contributed by atoms with van der Waals surface area (Å²) >= 11 is 0. The number of halogens is 2. The second kappa shape index (κ2) is 9.92. The maximum atomic E-state index is 12.8. The maximum absolute atomic E-state index is 12.8. The Labute approximate surface area is 186 Å². The van der Waals surface area contributed by atoms with Gasteiger partial charge in [-0.05, 0) is 42.8 Å². The molecule has 1 aliphatic heterocycles. The minimum absolute atomic E-state index is 0.0166. The van der Waals surface area contributed by atoms with Crippen LogP contribution in [0.4, 0.5) is 14.5 Å². The Balaban J connectivity index is 1.73. The summed E-state index contributed by atoms with van der Waals surface area (Å²) in [5.41, 5.74) is 2.37. The van der Waals surface area contributed by atoms with E-state index in [0.717, 1.165) is 5.52 Å². The van der Waals surface area contributed by atoms with Crippen molar-refractivity contribution in [1.29, 1.82) is 0 Å². The number of aromatic nitrogens is 2. The number of morpholine rings is 1. The van der Waals surface area contributed by atoms with Gasteiger partial charge in [-0.1, -0.05) is 6.07 Å². The minimum Gasteiger partial charge on any atom is -0.435 e. The molecule has 1 fully saturated rings. The van der Waals surface area contributed by atoms with Crippen LogP contribution >= 0.6 is 0 Å². The van der Waals surface area contributed by atoms with E-state index >= 15 is 0 Å². The van der Waals surface area contributed by atoms with Crippen molar-refractivity contribution in [2.45, 2.75) is 19.6 Å². The first-order chi connectivity index (χ1) is 16.0. The lowest BCUT2D eigenvalue weighted by molar-refractivity contribution is -0.125. The molecule has 4 rings (SSSR count). The van der Waals surface area contributed by atoms with Crippen LogP contribution in [-0.4, -0.2) is 59.4 Å². The van der Waals surface area contributed by atoms with Crippen molar-refractivity contribution in [2.75, 3.05) is 31.3 Å². The average molecular weight is 460 g/mol. The predicted octanol–water partition coefficient (Wildman–Crippen LogP) is 2.06.